The van der Waals surface area contributed by atoms with Crippen molar-refractivity contribution in [1.29, 1.82) is 0 Å². The van der Waals surface area contributed by atoms with Gasteiger partial charge in [0, 0.05) is 28.1 Å². The van der Waals surface area contributed by atoms with Crippen LogP contribution in [0.2, 0.25) is 0 Å². The van der Waals surface area contributed by atoms with Crippen LogP contribution in [0.25, 0.3) is 0 Å². The third-order valence-electron chi connectivity index (χ3n) is 3.66. The van der Waals surface area contributed by atoms with Crippen molar-refractivity contribution in [1.82, 2.24) is 9.62 Å². The summed E-state index contributed by atoms with van der Waals surface area (Å²) in [6, 6.07) is 4.10. The van der Waals surface area contributed by atoms with Crippen LogP contribution in [0.4, 0.5) is 0 Å². The van der Waals surface area contributed by atoms with E-state index in [-0.39, 0.29) is 4.90 Å². The highest BCUT2D eigenvalue weighted by molar-refractivity contribution is 9.11. The normalized spacial score (nSPS) is 15.7. The number of hydrogen-bond acceptors (Lipinski definition) is 3. The van der Waals surface area contributed by atoms with Gasteiger partial charge in [0.25, 0.3) is 0 Å². The lowest BCUT2D eigenvalue weighted by Crippen LogP contribution is -2.36. The molecule has 0 saturated heterocycles. The van der Waals surface area contributed by atoms with Crippen molar-refractivity contribution in [2.24, 2.45) is 0 Å². The van der Waals surface area contributed by atoms with Gasteiger partial charge in [-0.1, -0.05) is 22.9 Å². The average Bonchev–Trinajstić information content (AvgIpc) is 3.23. The van der Waals surface area contributed by atoms with Crippen LogP contribution in [0.15, 0.2) is 26.0 Å². The minimum Gasteiger partial charge on any atom is -0.299 e. The number of hydrogen-bond donors (Lipinski definition) is 1. The highest BCUT2D eigenvalue weighted by Gasteiger charge is 2.27. The zero-order valence-corrected chi connectivity index (χ0v) is 16.2. The van der Waals surface area contributed by atoms with Crippen LogP contribution in [-0.4, -0.2) is 39.0 Å². The minimum absolute atomic E-state index is 0.273. The number of halogens is 2. The van der Waals surface area contributed by atoms with Gasteiger partial charge < -0.3 is 0 Å². The van der Waals surface area contributed by atoms with E-state index < -0.39 is 10.0 Å². The lowest BCUT2D eigenvalue weighted by molar-refractivity contribution is 0.282. The Kier molecular flexibility index (Phi) is 5.87. The molecule has 0 bridgehead atoms. The van der Waals surface area contributed by atoms with Crippen molar-refractivity contribution in [3.63, 3.8) is 0 Å². The van der Waals surface area contributed by atoms with Crippen molar-refractivity contribution in [3.8, 4) is 0 Å². The quantitative estimate of drug-likeness (QED) is 0.709. The summed E-state index contributed by atoms with van der Waals surface area (Å²) in [4.78, 5) is 2.59. The molecule has 0 heterocycles. The smallest absolute Gasteiger partial charge is 0.241 e. The minimum atomic E-state index is -3.49. The molecule has 21 heavy (non-hydrogen) atoms. The Morgan fingerprint density at radius 2 is 1.95 bits per heavy atom. The van der Waals surface area contributed by atoms with E-state index in [1.165, 1.54) is 12.8 Å². The first-order valence-corrected chi connectivity index (χ1v) is 10.1. The highest BCUT2D eigenvalue weighted by Crippen LogP contribution is 2.29. The van der Waals surface area contributed by atoms with Crippen molar-refractivity contribution in [3.05, 3.63) is 26.6 Å². The first kappa shape index (κ1) is 17.4. The maximum atomic E-state index is 12.4. The number of nitrogens with one attached hydrogen (secondary N) is 1. The molecule has 118 valence electrons. The molecule has 1 aliphatic rings. The Labute approximate surface area is 143 Å². The second-order valence-corrected chi connectivity index (χ2v) is 8.73. The van der Waals surface area contributed by atoms with Crippen LogP contribution in [0.3, 0.4) is 0 Å². The Hall–Kier alpha value is 0.0500. The summed E-state index contributed by atoms with van der Waals surface area (Å²) < 4.78 is 28.9. The van der Waals surface area contributed by atoms with E-state index in [2.05, 4.69) is 48.4 Å². The second kappa shape index (κ2) is 7.08. The van der Waals surface area contributed by atoms with Gasteiger partial charge in [0.05, 0.1) is 4.90 Å². The number of aryl methyl sites for hydroxylation is 1. The largest absolute Gasteiger partial charge is 0.299 e. The van der Waals surface area contributed by atoms with Gasteiger partial charge in [-0.25, -0.2) is 13.1 Å². The van der Waals surface area contributed by atoms with E-state index in [9.17, 15) is 8.42 Å². The lowest BCUT2D eigenvalue weighted by atomic mass is 10.2. The predicted molar refractivity (Wildman–Crippen MR) is 92.0 cm³/mol. The summed E-state index contributed by atoms with van der Waals surface area (Å²) in [5.41, 5.74) is 0.992. The van der Waals surface area contributed by atoms with Gasteiger partial charge in [0.15, 0.2) is 0 Å². The molecule has 0 atom stereocenters. The van der Waals surface area contributed by atoms with Crippen LogP contribution in [0.1, 0.15) is 25.3 Å². The van der Waals surface area contributed by atoms with Gasteiger partial charge in [-0.15, -0.1) is 0 Å². The monoisotopic (exact) mass is 438 g/mol. The van der Waals surface area contributed by atoms with Gasteiger partial charge >= 0.3 is 0 Å². The molecular weight excluding hydrogens is 420 g/mol. The fourth-order valence-electron chi connectivity index (χ4n) is 2.27. The molecule has 0 aromatic heterocycles. The van der Waals surface area contributed by atoms with Crippen molar-refractivity contribution in [2.45, 2.75) is 37.6 Å². The second-order valence-electron chi connectivity index (χ2n) is 5.29. The summed E-state index contributed by atoms with van der Waals surface area (Å²) in [6.07, 6.45) is 2.47. The Bertz CT molecular complexity index is 616. The molecule has 0 spiro atoms. The van der Waals surface area contributed by atoms with E-state index in [1.807, 2.05) is 6.92 Å². The number of nitrogens with zero attached hydrogens (tertiary/aromatic N) is 1. The highest BCUT2D eigenvalue weighted by atomic mass is 79.9. The molecular formula is C14H20Br2N2O2S. The molecule has 1 aromatic rings. The third-order valence-corrected chi connectivity index (χ3v) is 6.94. The average molecular weight is 440 g/mol. The molecule has 0 radical (unpaired) electrons. The van der Waals surface area contributed by atoms with E-state index in [0.29, 0.717) is 17.1 Å². The zero-order valence-electron chi connectivity index (χ0n) is 12.2. The zero-order chi connectivity index (χ0) is 15.6. The van der Waals surface area contributed by atoms with E-state index in [4.69, 9.17) is 0 Å². The molecule has 1 aromatic carbocycles. The van der Waals surface area contributed by atoms with Gasteiger partial charge in [0.2, 0.25) is 10.0 Å². The van der Waals surface area contributed by atoms with Gasteiger partial charge in [-0.3, -0.25) is 4.90 Å². The first-order valence-electron chi connectivity index (χ1n) is 7.04. The van der Waals surface area contributed by atoms with E-state index in [1.54, 1.807) is 12.1 Å². The molecule has 0 unspecified atom stereocenters. The molecule has 1 saturated carbocycles. The van der Waals surface area contributed by atoms with E-state index >= 15 is 0 Å². The summed E-state index contributed by atoms with van der Waals surface area (Å²) in [5.74, 6) is 0. The topological polar surface area (TPSA) is 49.4 Å². The predicted octanol–water partition coefficient (Wildman–Crippen LogP) is 3.28. The first-order chi connectivity index (χ1) is 9.85. The standard InChI is InChI=1S/C14H20Br2N2O2S/c1-3-18(11-4-5-11)7-6-17-21(19,20)14-9-12(15)10(2)8-13(14)16/h8-9,11,17H,3-7H2,1-2H3. The molecule has 7 heteroatoms. The van der Waals surface area contributed by atoms with E-state index in [0.717, 1.165) is 23.1 Å². The molecule has 1 aliphatic carbocycles. The van der Waals surface area contributed by atoms with Gasteiger partial charge in [-0.2, -0.15) is 0 Å². The number of benzene rings is 1. The fourth-order valence-corrected chi connectivity index (χ4v) is 4.97. The van der Waals surface area contributed by atoms with Crippen LogP contribution < -0.4 is 4.72 Å². The SMILES string of the molecule is CCN(CCNS(=O)(=O)c1cc(Br)c(C)cc1Br)C1CC1. The Morgan fingerprint density at radius 3 is 2.52 bits per heavy atom. The third kappa shape index (κ3) is 4.51. The molecule has 4 nitrogen and oxygen atoms in total. The molecule has 0 aliphatic heterocycles. The number of rotatable bonds is 7. The Balaban J connectivity index is 2.03. The maximum absolute atomic E-state index is 12.4. The summed E-state index contributed by atoms with van der Waals surface area (Å²) in [7, 11) is -3.49. The van der Waals surface area contributed by atoms with Crippen molar-refractivity contribution < 1.29 is 8.42 Å². The van der Waals surface area contributed by atoms with Crippen LogP contribution in [0.5, 0.6) is 0 Å². The van der Waals surface area contributed by atoms with Crippen molar-refractivity contribution in [2.75, 3.05) is 19.6 Å². The maximum Gasteiger partial charge on any atom is 0.241 e. The summed E-state index contributed by atoms with van der Waals surface area (Å²) >= 11 is 6.72. The van der Waals surface area contributed by atoms with Crippen LogP contribution in [0, 0.1) is 6.92 Å². The Morgan fingerprint density at radius 1 is 1.29 bits per heavy atom. The van der Waals surface area contributed by atoms with Crippen LogP contribution >= 0.6 is 31.9 Å². The lowest BCUT2D eigenvalue weighted by Gasteiger charge is -2.20. The molecule has 2 rings (SSSR count). The fraction of sp³-hybridized carbons (Fsp3) is 0.571. The van der Waals surface area contributed by atoms with Gasteiger partial charge in [0.1, 0.15) is 0 Å². The molecule has 0 amide bonds. The molecule has 1 fully saturated rings. The van der Waals surface area contributed by atoms with Crippen LogP contribution in [-0.2, 0) is 10.0 Å². The molecule has 1 N–H and O–H groups in total. The summed E-state index contributed by atoms with van der Waals surface area (Å²) in [6.45, 7) is 6.19. The number of sulfonamides is 1. The van der Waals surface area contributed by atoms with Crippen molar-refractivity contribution >= 4 is 41.9 Å². The van der Waals surface area contributed by atoms with Gasteiger partial charge in [-0.05, 0) is 59.9 Å². The number of likely N-dealkylation sites (N-methyl/N-ethyl adjacent to an activating group) is 1. The summed E-state index contributed by atoms with van der Waals surface area (Å²) in [5, 5.41) is 0.